The van der Waals surface area contributed by atoms with Crippen LogP contribution in [-0.4, -0.2) is 9.55 Å². The zero-order valence-corrected chi connectivity index (χ0v) is 41.6. The van der Waals surface area contributed by atoms with Gasteiger partial charge in [0.05, 0.1) is 11.0 Å². The molecule has 10 rings (SSSR count). The lowest BCUT2D eigenvalue weighted by Crippen LogP contribution is -2.47. The van der Waals surface area contributed by atoms with E-state index in [0.717, 1.165) is 28.4 Å². The van der Waals surface area contributed by atoms with Gasteiger partial charge in [0.25, 0.3) is 0 Å². The molecule has 0 spiro atoms. The van der Waals surface area contributed by atoms with Gasteiger partial charge in [-0.25, -0.2) is 4.98 Å². The molecule has 1 saturated heterocycles. The van der Waals surface area contributed by atoms with E-state index in [2.05, 4.69) is 236 Å². The molecule has 0 aliphatic carbocycles. The molecule has 2 aromatic heterocycles. The summed E-state index contributed by atoms with van der Waals surface area (Å²) in [6.07, 6.45) is 1.94. The first kappa shape index (κ1) is 43.9. The number of rotatable bonds is 9. The van der Waals surface area contributed by atoms with Crippen LogP contribution in [0.1, 0.15) is 128 Å². The highest BCUT2D eigenvalue weighted by Gasteiger charge is 2.78. The minimum absolute atomic E-state index is 0.0192. The molecule has 0 N–H and O–H groups in total. The standard InChI is InChI=1S/C61H67N4O/c1-38(2)49-22-18-23-50(39(3)4)58(49)42-31-46(65-37-64(65,55-29-40(5)41(6)30-56(55)65)45-20-17-19-44(33-45)61(13,14)60(10,11)12)35-48(32-42)66-47-25-26-52-51-21-15-16-24-53(51)63(54(52)36-47)57-34-43(27-28-62-57)59(7,8)9/h15-39H,1-14H3/q+1/t64-,65?/m0/s1. The van der Waals surface area contributed by atoms with E-state index in [1.54, 1.807) is 0 Å². The lowest BCUT2D eigenvalue weighted by molar-refractivity contribution is 0.225. The van der Waals surface area contributed by atoms with E-state index in [-0.39, 0.29) is 16.2 Å². The molecule has 2 aliphatic heterocycles. The quantitative estimate of drug-likeness (QED) is 0.0821. The SMILES string of the molecule is Cc1cc2c(cc1C)[N@@+]1(c3cccc(C(C)(C)C(C)(C)C)c3)[CH-][N+]21c1cc(Oc2ccc3c4ccccc4n(-c4cc(C(C)(C)C)ccn4)c3c2)cc(-c2c(C(C)C)cccc2C(C)C)c1. The van der Waals surface area contributed by atoms with Crippen LogP contribution in [0.2, 0.25) is 0 Å². The Hall–Kier alpha value is -6.01. The van der Waals surface area contributed by atoms with Crippen LogP contribution in [0.25, 0.3) is 38.8 Å². The summed E-state index contributed by atoms with van der Waals surface area (Å²) < 4.78 is 10.8. The molecule has 2 aliphatic rings. The van der Waals surface area contributed by atoms with Crippen LogP contribution in [0.15, 0.2) is 134 Å². The van der Waals surface area contributed by atoms with E-state index in [4.69, 9.17) is 9.72 Å². The highest BCUT2D eigenvalue weighted by Crippen LogP contribution is 2.76. The number of aryl methyl sites for hydroxylation is 2. The molecule has 8 aromatic rings. The number of hydrogen-bond donors (Lipinski definition) is 0. The molecule has 336 valence electrons. The van der Waals surface area contributed by atoms with Gasteiger partial charge in [0, 0.05) is 59.4 Å². The van der Waals surface area contributed by atoms with Crippen molar-refractivity contribution in [2.75, 3.05) is 0 Å². The lowest BCUT2D eigenvalue weighted by atomic mass is 9.65. The molecule has 2 atom stereocenters. The normalized spacial score (nSPS) is 18.2. The van der Waals surface area contributed by atoms with Gasteiger partial charge in [-0.1, -0.05) is 132 Å². The van der Waals surface area contributed by atoms with Crippen molar-refractivity contribution in [2.45, 2.75) is 120 Å². The Balaban J connectivity index is 1.19. The summed E-state index contributed by atoms with van der Waals surface area (Å²) in [7, 11) is 0. The largest absolute Gasteiger partial charge is 0.457 e. The molecule has 1 fully saturated rings. The average Bonchev–Trinajstić information content (AvgIpc) is 3.78. The summed E-state index contributed by atoms with van der Waals surface area (Å²) in [4.78, 5) is 4.97. The van der Waals surface area contributed by atoms with Crippen molar-refractivity contribution in [1.82, 2.24) is 18.7 Å². The van der Waals surface area contributed by atoms with Crippen molar-refractivity contribution in [3.63, 3.8) is 0 Å². The number of fused-ring (bicyclic) bond motifs is 7. The second-order valence-corrected chi connectivity index (χ2v) is 22.5. The van der Waals surface area contributed by atoms with Crippen LogP contribution in [0.3, 0.4) is 0 Å². The number of ether oxygens (including phenoxy) is 1. The Bertz CT molecular complexity index is 3220. The van der Waals surface area contributed by atoms with Crippen molar-refractivity contribution in [1.29, 1.82) is 0 Å². The third kappa shape index (κ3) is 6.52. The van der Waals surface area contributed by atoms with Gasteiger partial charge >= 0.3 is 0 Å². The molecule has 0 amide bonds. The number of benzene rings is 6. The number of aromatic nitrogens is 2. The third-order valence-electron chi connectivity index (χ3n) is 15.6. The summed E-state index contributed by atoms with van der Waals surface area (Å²) >= 11 is 0. The third-order valence-corrected chi connectivity index (χ3v) is 15.6. The van der Waals surface area contributed by atoms with Crippen LogP contribution in [0.4, 0.5) is 22.7 Å². The smallest absolute Gasteiger partial charge is 0.225 e. The average molecular weight is 872 g/mol. The Morgan fingerprint density at radius 2 is 1.20 bits per heavy atom. The van der Waals surface area contributed by atoms with Crippen molar-refractivity contribution in [3.05, 3.63) is 174 Å². The molecular formula is C61H67N4O+. The molecule has 0 radical (unpaired) electrons. The Morgan fingerprint density at radius 1 is 0.561 bits per heavy atom. The number of pyridine rings is 1. The fourth-order valence-corrected chi connectivity index (χ4v) is 10.6. The first-order chi connectivity index (χ1) is 31.2. The highest BCUT2D eigenvalue weighted by molar-refractivity contribution is 6.09. The van der Waals surface area contributed by atoms with Gasteiger partial charge in [-0.15, -0.1) is 0 Å². The van der Waals surface area contributed by atoms with Gasteiger partial charge in [-0.3, -0.25) is 4.57 Å². The second-order valence-electron chi connectivity index (χ2n) is 22.5. The van der Waals surface area contributed by atoms with E-state index in [0.29, 0.717) is 21.0 Å². The van der Waals surface area contributed by atoms with Crippen LogP contribution >= 0.6 is 0 Å². The number of hydrogen-bond acceptors (Lipinski definition) is 2. The van der Waals surface area contributed by atoms with Gasteiger partial charge in [0.1, 0.15) is 17.3 Å². The zero-order valence-electron chi connectivity index (χ0n) is 41.6. The Kier molecular flexibility index (Phi) is 9.97. The van der Waals surface area contributed by atoms with Crippen LogP contribution in [0, 0.1) is 25.9 Å². The maximum atomic E-state index is 7.24. The molecule has 0 bridgehead atoms. The van der Waals surface area contributed by atoms with Gasteiger partial charge in [0.15, 0.2) is 18.0 Å². The maximum absolute atomic E-state index is 7.24. The van der Waals surface area contributed by atoms with E-state index in [1.165, 1.54) is 78.0 Å². The Labute approximate surface area is 393 Å². The van der Waals surface area contributed by atoms with Crippen LogP contribution in [0.5, 0.6) is 11.5 Å². The summed E-state index contributed by atoms with van der Waals surface area (Å²) in [5.74, 6) is 3.17. The Morgan fingerprint density at radius 3 is 1.85 bits per heavy atom. The number of quaternary nitrogens is 2. The molecule has 5 nitrogen and oxygen atoms in total. The zero-order chi connectivity index (χ0) is 46.9. The molecule has 4 heterocycles. The minimum Gasteiger partial charge on any atom is -0.457 e. The van der Waals surface area contributed by atoms with Crippen molar-refractivity contribution in [3.8, 4) is 28.4 Å². The molecule has 0 saturated carbocycles. The van der Waals surface area contributed by atoms with E-state index < -0.39 is 0 Å². The first-order valence-electron chi connectivity index (χ1n) is 24.0. The van der Waals surface area contributed by atoms with Gasteiger partial charge < -0.3 is 4.74 Å². The molecule has 66 heavy (non-hydrogen) atoms. The summed E-state index contributed by atoms with van der Waals surface area (Å²) in [6, 6.07) is 47.8. The van der Waals surface area contributed by atoms with Crippen molar-refractivity contribution < 1.29 is 4.74 Å². The predicted molar refractivity (Wildman–Crippen MR) is 279 cm³/mol. The van der Waals surface area contributed by atoms with E-state index in [1.807, 2.05) is 6.20 Å². The molecular weight excluding hydrogens is 805 g/mol. The second kappa shape index (κ2) is 15.0. The van der Waals surface area contributed by atoms with Crippen LogP contribution < -0.4 is 13.9 Å². The number of para-hydroxylation sites is 1. The van der Waals surface area contributed by atoms with Crippen LogP contribution in [-0.2, 0) is 10.8 Å². The van der Waals surface area contributed by atoms with E-state index in [9.17, 15) is 0 Å². The minimum atomic E-state index is -0.0448. The summed E-state index contributed by atoms with van der Waals surface area (Å²) in [5, 5.41) is 2.36. The monoisotopic (exact) mass is 872 g/mol. The highest BCUT2D eigenvalue weighted by atomic mass is 16.5. The summed E-state index contributed by atoms with van der Waals surface area (Å²) in [5.41, 5.74) is 17.7. The number of nitrogens with zero attached hydrogens (tertiary/aromatic N) is 4. The molecule has 5 heteroatoms. The lowest BCUT2D eigenvalue weighted by Gasteiger charge is -2.42. The fourth-order valence-electron chi connectivity index (χ4n) is 10.6. The van der Waals surface area contributed by atoms with Crippen molar-refractivity contribution >= 4 is 44.6 Å². The van der Waals surface area contributed by atoms with E-state index >= 15 is 0 Å². The summed E-state index contributed by atoms with van der Waals surface area (Å²) in [6.45, 7) is 34.9. The first-order valence-corrected chi connectivity index (χ1v) is 24.0. The van der Waals surface area contributed by atoms with Gasteiger partial charge in [0.2, 0.25) is 11.4 Å². The topological polar surface area (TPSA) is 27.1 Å². The fraction of sp³-hybridized carbons (Fsp3) is 0.311. The van der Waals surface area contributed by atoms with Gasteiger partial charge in [-0.05, 0) is 123 Å². The van der Waals surface area contributed by atoms with Gasteiger partial charge in [-0.2, -0.15) is 9.18 Å². The molecule has 1 unspecified atom stereocenters. The van der Waals surface area contributed by atoms with Crippen molar-refractivity contribution in [2.24, 2.45) is 5.41 Å². The maximum Gasteiger partial charge on any atom is 0.225 e. The predicted octanol–water partition coefficient (Wildman–Crippen LogP) is 17.5. The molecule has 6 aromatic carbocycles.